The van der Waals surface area contributed by atoms with E-state index < -0.39 is 5.91 Å². The van der Waals surface area contributed by atoms with Gasteiger partial charge in [0, 0.05) is 39.6 Å². The Morgan fingerprint density at radius 3 is 1.62 bits per heavy atom. The maximum atomic E-state index is 9.83. The van der Waals surface area contributed by atoms with Crippen LogP contribution < -0.4 is 0 Å². The van der Waals surface area contributed by atoms with Gasteiger partial charge in [-0.05, 0) is 0 Å². The van der Waals surface area contributed by atoms with Crippen molar-refractivity contribution in [1.82, 2.24) is 0 Å². The summed E-state index contributed by atoms with van der Waals surface area (Å²) in [5, 5.41) is 0. The fraction of sp³-hybridized carbons (Fsp3) is 0.429. The molecule has 0 saturated heterocycles. The zero-order valence-corrected chi connectivity index (χ0v) is 10.0. The Morgan fingerprint density at radius 1 is 1.23 bits per heavy atom. The summed E-state index contributed by atoms with van der Waals surface area (Å²) in [5.41, 5.74) is 6.12. The third kappa shape index (κ3) is 35.0. The maximum absolute atomic E-state index is 9.83. The zero-order chi connectivity index (χ0) is 9.98. The van der Waals surface area contributed by atoms with E-state index in [2.05, 4.69) is 9.69 Å². The molecule has 0 aromatic heterocycles. The van der Waals surface area contributed by atoms with Crippen LogP contribution in [0.1, 0.15) is 6.92 Å². The van der Waals surface area contributed by atoms with Gasteiger partial charge in [0.1, 0.15) is 5.91 Å². The summed E-state index contributed by atoms with van der Waals surface area (Å²) in [7, 11) is 0. The van der Waals surface area contributed by atoms with E-state index >= 15 is 0 Å². The van der Waals surface area contributed by atoms with Gasteiger partial charge in [-0.2, -0.15) is 0 Å². The van der Waals surface area contributed by atoms with Crippen LogP contribution >= 0.6 is 0 Å². The predicted molar refractivity (Wildman–Crippen MR) is 42.9 cm³/mol. The molecule has 5 nitrogen and oxygen atoms in total. The average molecular weight is 255 g/mol. The van der Waals surface area contributed by atoms with Gasteiger partial charge in [0.25, 0.3) is 13.1 Å². The fourth-order valence-corrected chi connectivity index (χ4v) is 0.183. The van der Waals surface area contributed by atoms with Gasteiger partial charge < -0.3 is 20.2 Å². The molecule has 67 valence electrons. The molecule has 1 amide bonds. The van der Waals surface area contributed by atoms with Crippen molar-refractivity contribution in [2.24, 2.45) is 0 Å². The number of Topliss-reactive ketones (excluding diaryl/α,β-unsaturated/α-hetero) is 1. The van der Waals surface area contributed by atoms with E-state index in [1.165, 1.54) is 6.92 Å². The molecule has 0 aromatic carbocycles. The van der Waals surface area contributed by atoms with E-state index in [0.717, 1.165) is 0 Å². The van der Waals surface area contributed by atoms with Crippen molar-refractivity contribution in [3.8, 4) is 0 Å². The number of hydrogen-bond donors (Lipinski definition) is 0. The third-order valence-corrected chi connectivity index (χ3v) is 0.524. The van der Waals surface area contributed by atoms with E-state index in [1.54, 1.807) is 0 Å². The van der Waals surface area contributed by atoms with Crippen LogP contribution in [0.25, 0.3) is 15.4 Å². The number of ketones is 1. The van der Waals surface area contributed by atoms with Crippen molar-refractivity contribution < 1.29 is 42.3 Å². The normalized spacial score (nSPS) is 6.08. The number of nitrogens with zero attached hydrogens (tertiary/aromatic N) is 2. The summed E-state index contributed by atoms with van der Waals surface area (Å²) in [6.07, 6.45) is 0. The first-order valence-electron chi connectivity index (χ1n) is 2.95. The van der Waals surface area contributed by atoms with Crippen LogP contribution in [0.5, 0.6) is 0 Å². The van der Waals surface area contributed by atoms with Gasteiger partial charge in [0.2, 0.25) is 5.78 Å². The van der Waals surface area contributed by atoms with Crippen molar-refractivity contribution in [3.63, 3.8) is 0 Å². The van der Waals surface area contributed by atoms with E-state index in [9.17, 15) is 9.59 Å². The van der Waals surface area contributed by atoms with Crippen LogP contribution in [-0.2, 0) is 42.3 Å². The van der Waals surface area contributed by atoms with Gasteiger partial charge in [-0.15, -0.1) is 0 Å². The minimum absolute atomic E-state index is 0. The van der Waals surface area contributed by atoms with Crippen LogP contribution in [-0.4, -0.2) is 24.8 Å². The second kappa shape index (κ2) is 13.8. The number of hydrogen-bond acceptors (Lipinski definition) is 2. The van der Waals surface area contributed by atoms with Crippen LogP contribution in [0, 0.1) is 13.1 Å². The first-order valence-corrected chi connectivity index (χ1v) is 2.95. The minimum Gasteiger partial charge on any atom is -0.661 e. The Kier molecular flexibility index (Phi) is 19.2. The van der Waals surface area contributed by atoms with Crippen LogP contribution in [0.15, 0.2) is 0 Å². The molecule has 0 rings (SSSR count). The van der Waals surface area contributed by atoms with Crippen LogP contribution in [0.4, 0.5) is 0 Å². The number of amides is 1. The molecule has 0 saturated carbocycles. The summed E-state index contributed by atoms with van der Waals surface area (Å²) >= 11 is 0. The van der Waals surface area contributed by atoms with Crippen molar-refractivity contribution in [2.75, 3.05) is 13.1 Å². The molecule has 0 aliphatic heterocycles. The fourth-order valence-electron chi connectivity index (χ4n) is 0.183. The summed E-state index contributed by atoms with van der Waals surface area (Å²) in [5.74, 6) is -0.880. The minimum atomic E-state index is -0.815. The first kappa shape index (κ1) is 18.1. The standard InChI is InChI=1S/C4H5NO.C3H4N2O.Y/c1-4(6)3-5-2;1-5-2-3(4)6;/h3H2,1H3;2H2,(H2,4,6);/p-1. The molecule has 0 fully saturated rings. The predicted octanol–water partition coefficient (Wildman–Crippen LogP) is 0.977. The summed E-state index contributed by atoms with van der Waals surface area (Å²) in [6.45, 7) is 13.3. The molecule has 0 aliphatic rings. The first-order chi connectivity index (χ1) is 5.54. The number of rotatable bonds is 2. The second-order valence-corrected chi connectivity index (χ2v) is 1.76. The van der Waals surface area contributed by atoms with Crippen LogP contribution in [0.2, 0.25) is 0 Å². The molecule has 13 heavy (non-hydrogen) atoms. The van der Waals surface area contributed by atoms with Gasteiger partial charge in [-0.25, -0.2) is 13.1 Å². The molecule has 0 atom stereocenters. The van der Waals surface area contributed by atoms with E-state index in [4.69, 9.17) is 18.9 Å². The van der Waals surface area contributed by atoms with Crippen LogP contribution in [0.3, 0.4) is 0 Å². The van der Waals surface area contributed by atoms with Gasteiger partial charge >= 0.3 is 0 Å². The smallest absolute Gasteiger partial charge is 0.271 e. The molecule has 0 aromatic rings. The van der Waals surface area contributed by atoms with Crippen molar-refractivity contribution in [3.05, 3.63) is 28.6 Å². The van der Waals surface area contributed by atoms with E-state index in [1.807, 2.05) is 0 Å². The SMILES string of the molecule is [C-]#[N+]CC(C)=O.[C-]#[N+]CC([NH-])=O.[Y]. The molecular weight excluding hydrogens is 247 g/mol. The Hall–Kier alpha value is -0.776. The maximum Gasteiger partial charge on any atom is 0.271 e. The third-order valence-electron chi connectivity index (χ3n) is 0.524. The zero-order valence-electron chi connectivity index (χ0n) is 7.20. The van der Waals surface area contributed by atoms with Crippen molar-refractivity contribution in [1.29, 1.82) is 0 Å². The van der Waals surface area contributed by atoms with Crippen molar-refractivity contribution >= 4 is 11.7 Å². The molecule has 0 unspecified atom stereocenters. The number of nitrogens with one attached hydrogen (secondary N) is 1. The molecule has 6 heteroatoms. The number of carbonyl (C=O) groups is 2. The molecule has 0 bridgehead atoms. The Balaban J connectivity index is -0.000000143. The van der Waals surface area contributed by atoms with Gasteiger partial charge in [-0.3, -0.25) is 4.79 Å². The summed E-state index contributed by atoms with van der Waals surface area (Å²) in [6, 6.07) is 0. The second-order valence-electron chi connectivity index (χ2n) is 1.76. The largest absolute Gasteiger partial charge is 0.661 e. The van der Waals surface area contributed by atoms with E-state index in [-0.39, 0.29) is 51.6 Å². The molecule has 1 N–H and O–H groups in total. The monoisotopic (exact) mass is 255 g/mol. The molecular formula is C7H8N3O2Y-. The Bertz CT molecular complexity index is 213. The van der Waals surface area contributed by atoms with Gasteiger partial charge in [0.05, 0.1) is 0 Å². The average Bonchev–Trinajstić information content (AvgIpc) is 1.87. The molecule has 1 radical (unpaired) electrons. The molecule has 0 heterocycles. The Labute approximate surface area is 102 Å². The van der Waals surface area contributed by atoms with Gasteiger partial charge in [-0.1, -0.05) is 0 Å². The molecule has 0 spiro atoms. The topological polar surface area (TPSA) is 66.7 Å². The summed E-state index contributed by atoms with van der Waals surface area (Å²) < 4.78 is 0. The van der Waals surface area contributed by atoms with E-state index in [0.29, 0.717) is 0 Å². The van der Waals surface area contributed by atoms with Crippen molar-refractivity contribution in [2.45, 2.75) is 6.92 Å². The quantitative estimate of drug-likeness (QED) is 0.690. The number of carbonyl (C=O) groups excluding carboxylic acids is 2. The summed E-state index contributed by atoms with van der Waals surface area (Å²) in [4.78, 5) is 24.8. The molecule has 0 aliphatic carbocycles. The van der Waals surface area contributed by atoms with Gasteiger partial charge in [0.15, 0.2) is 0 Å². The Morgan fingerprint density at radius 2 is 1.62 bits per heavy atom.